The SMILES string of the molecule is Fc1ccc(/C=C2/CCCN=C2c2cccnc2)cc1-c1ccccc1Cl. The van der Waals surface area contributed by atoms with Gasteiger partial charge >= 0.3 is 0 Å². The van der Waals surface area contributed by atoms with Gasteiger partial charge in [-0.15, -0.1) is 0 Å². The van der Waals surface area contributed by atoms with E-state index in [1.165, 1.54) is 6.07 Å². The van der Waals surface area contributed by atoms with Gasteiger partial charge in [0, 0.05) is 40.7 Å². The molecule has 4 heteroatoms. The van der Waals surface area contributed by atoms with Gasteiger partial charge in [0.1, 0.15) is 5.82 Å². The van der Waals surface area contributed by atoms with E-state index < -0.39 is 0 Å². The van der Waals surface area contributed by atoms with Crippen molar-refractivity contribution in [2.75, 3.05) is 6.54 Å². The number of allylic oxidation sites excluding steroid dienone is 1. The standard InChI is InChI=1S/C23H18ClFN2/c24-21-8-2-1-7-19(21)20-14-16(9-10-22(20)25)13-17-5-4-12-27-23(17)18-6-3-11-26-15-18/h1-3,6-11,13-15H,4-5,12H2/b17-13-. The Morgan fingerprint density at radius 3 is 2.70 bits per heavy atom. The van der Waals surface area contributed by atoms with Crippen LogP contribution in [0, 0.1) is 5.82 Å². The summed E-state index contributed by atoms with van der Waals surface area (Å²) < 4.78 is 14.4. The van der Waals surface area contributed by atoms with Gasteiger partial charge in [-0.2, -0.15) is 0 Å². The Labute approximate surface area is 163 Å². The highest BCUT2D eigenvalue weighted by atomic mass is 35.5. The predicted molar refractivity (Wildman–Crippen MR) is 110 cm³/mol. The molecule has 0 radical (unpaired) electrons. The fraction of sp³-hybridized carbons (Fsp3) is 0.130. The Balaban J connectivity index is 1.76. The van der Waals surface area contributed by atoms with Crippen LogP contribution in [0.4, 0.5) is 4.39 Å². The van der Waals surface area contributed by atoms with Gasteiger partial charge in [-0.25, -0.2) is 4.39 Å². The number of halogens is 2. The molecule has 0 aliphatic carbocycles. The first kappa shape index (κ1) is 17.6. The maximum absolute atomic E-state index is 14.4. The molecule has 0 saturated carbocycles. The second-order valence-corrected chi connectivity index (χ2v) is 6.87. The summed E-state index contributed by atoms with van der Waals surface area (Å²) in [5.74, 6) is -0.282. The third-order valence-electron chi connectivity index (χ3n) is 4.61. The van der Waals surface area contributed by atoms with E-state index >= 15 is 0 Å². The minimum atomic E-state index is -0.282. The molecule has 0 saturated heterocycles. The van der Waals surface area contributed by atoms with Crippen molar-refractivity contribution < 1.29 is 4.39 Å². The zero-order valence-corrected chi connectivity index (χ0v) is 15.5. The van der Waals surface area contributed by atoms with Crippen molar-refractivity contribution in [1.29, 1.82) is 0 Å². The van der Waals surface area contributed by atoms with E-state index in [0.29, 0.717) is 16.1 Å². The fourth-order valence-corrected chi connectivity index (χ4v) is 3.56. The van der Waals surface area contributed by atoms with E-state index in [0.717, 1.165) is 41.8 Å². The van der Waals surface area contributed by atoms with Crippen molar-refractivity contribution >= 4 is 23.4 Å². The highest BCUT2D eigenvalue weighted by Crippen LogP contribution is 2.31. The topological polar surface area (TPSA) is 25.2 Å². The third-order valence-corrected chi connectivity index (χ3v) is 4.94. The first-order chi connectivity index (χ1) is 13.2. The summed E-state index contributed by atoms with van der Waals surface area (Å²) in [7, 11) is 0. The van der Waals surface area contributed by atoms with Crippen LogP contribution < -0.4 is 0 Å². The molecule has 2 nitrogen and oxygen atoms in total. The summed E-state index contributed by atoms with van der Waals surface area (Å²) >= 11 is 6.27. The molecule has 0 fully saturated rings. The van der Waals surface area contributed by atoms with Crippen molar-refractivity contribution in [2.24, 2.45) is 4.99 Å². The van der Waals surface area contributed by atoms with Gasteiger partial charge in [-0.1, -0.05) is 35.9 Å². The van der Waals surface area contributed by atoms with Crippen LogP contribution in [0.25, 0.3) is 17.2 Å². The largest absolute Gasteiger partial charge is 0.284 e. The summed E-state index contributed by atoms with van der Waals surface area (Å²) in [4.78, 5) is 8.91. The molecule has 1 aliphatic rings. The Morgan fingerprint density at radius 1 is 1.00 bits per heavy atom. The minimum absolute atomic E-state index is 0.282. The zero-order valence-electron chi connectivity index (χ0n) is 14.7. The zero-order chi connectivity index (χ0) is 18.6. The third kappa shape index (κ3) is 3.83. The van der Waals surface area contributed by atoms with Crippen LogP contribution in [0.2, 0.25) is 5.02 Å². The molecule has 2 aromatic carbocycles. The van der Waals surface area contributed by atoms with Gasteiger partial charge in [0.05, 0.1) is 5.71 Å². The van der Waals surface area contributed by atoms with Crippen LogP contribution >= 0.6 is 11.6 Å². The van der Waals surface area contributed by atoms with Gasteiger partial charge in [-0.3, -0.25) is 9.98 Å². The van der Waals surface area contributed by atoms with Crippen LogP contribution in [0.5, 0.6) is 0 Å². The highest BCUT2D eigenvalue weighted by Gasteiger charge is 2.15. The highest BCUT2D eigenvalue weighted by molar-refractivity contribution is 6.33. The Kier molecular flexibility index (Phi) is 5.12. The van der Waals surface area contributed by atoms with Gasteiger partial charge in [0.25, 0.3) is 0 Å². The van der Waals surface area contributed by atoms with Gasteiger partial charge in [0.15, 0.2) is 0 Å². The second-order valence-electron chi connectivity index (χ2n) is 6.46. The van der Waals surface area contributed by atoms with Crippen molar-refractivity contribution in [2.45, 2.75) is 12.8 Å². The molecule has 0 unspecified atom stereocenters. The molecule has 0 bridgehead atoms. The molecule has 134 valence electrons. The molecule has 27 heavy (non-hydrogen) atoms. The molecule has 0 spiro atoms. The molecule has 2 heterocycles. The van der Waals surface area contributed by atoms with Crippen molar-refractivity contribution in [3.05, 3.63) is 94.5 Å². The molecule has 3 aromatic rings. The number of aromatic nitrogens is 1. The summed E-state index contributed by atoms with van der Waals surface area (Å²) in [6, 6.07) is 16.4. The predicted octanol–water partition coefficient (Wildman–Crippen LogP) is 6.21. The average molecular weight is 377 g/mol. The van der Waals surface area contributed by atoms with E-state index in [9.17, 15) is 4.39 Å². The summed E-state index contributed by atoms with van der Waals surface area (Å²) in [5.41, 5.74) is 5.26. The molecule has 1 aromatic heterocycles. The lowest BCUT2D eigenvalue weighted by atomic mass is 9.94. The van der Waals surface area contributed by atoms with E-state index in [1.807, 2.05) is 42.6 Å². The van der Waals surface area contributed by atoms with Crippen molar-refractivity contribution in [3.8, 4) is 11.1 Å². The first-order valence-corrected chi connectivity index (χ1v) is 9.30. The summed E-state index contributed by atoms with van der Waals surface area (Å²) in [5, 5.41) is 0.538. The molecule has 4 rings (SSSR count). The number of nitrogens with zero attached hydrogens (tertiary/aromatic N) is 2. The number of aliphatic imine (C=N–C) groups is 1. The van der Waals surface area contributed by atoms with Crippen LogP contribution in [-0.4, -0.2) is 17.2 Å². The molecule has 1 aliphatic heterocycles. The Hall–Kier alpha value is -2.78. The van der Waals surface area contributed by atoms with Gasteiger partial charge in [-0.05, 0) is 60.4 Å². The van der Waals surface area contributed by atoms with Gasteiger partial charge < -0.3 is 0 Å². The maximum Gasteiger partial charge on any atom is 0.131 e. The van der Waals surface area contributed by atoms with E-state index in [2.05, 4.69) is 11.1 Å². The van der Waals surface area contributed by atoms with E-state index in [1.54, 1.807) is 18.3 Å². The number of rotatable bonds is 3. The molecule has 0 N–H and O–H groups in total. The van der Waals surface area contributed by atoms with Crippen LogP contribution in [0.1, 0.15) is 24.0 Å². The lowest BCUT2D eigenvalue weighted by Crippen LogP contribution is -2.11. The molecular formula is C23H18ClFN2. The number of hydrogen-bond donors (Lipinski definition) is 0. The molecular weight excluding hydrogens is 359 g/mol. The van der Waals surface area contributed by atoms with E-state index in [4.69, 9.17) is 16.6 Å². The number of benzene rings is 2. The number of pyridine rings is 1. The maximum atomic E-state index is 14.4. The second kappa shape index (κ2) is 7.85. The number of hydrogen-bond acceptors (Lipinski definition) is 2. The monoisotopic (exact) mass is 376 g/mol. The lowest BCUT2D eigenvalue weighted by molar-refractivity contribution is 0.631. The normalized spacial score (nSPS) is 15.6. The fourth-order valence-electron chi connectivity index (χ4n) is 3.32. The Morgan fingerprint density at radius 2 is 1.89 bits per heavy atom. The van der Waals surface area contributed by atoms with Crippen molar-refractivity contribution in [1.82, 2.24) is 4.98 Å². The lowest BCUT2D eigenvalue weighted by Gasteiger charge is -2.16. The smallest absolute Gasteiger partial charge is 0.131 e. The average Bonchev–Trinajstić information content (AvgIpc) is 2.71. The van der Waals surface area contributed by atoms with Crippen LogP contribution in [-0.2, 0) is 0 Å². The van der Waals surface area contributed by atoms with E-state index in [-0.39, 0.29) is 5.82 Å². The van der Waals surface area contributed by atoms with Crippen molar-refractivity contribution in [3.63, 3.8) is 0 Å². The van der Waals surface area contributed by atoms with Gasteiger partial charge in [0.2, 0.25) is 0 Å². The summed E-state index contributed by atoms with van der Waals surface area (Å²) in [6.45, 7) is 0.815. The molecule has 0 amide bonds. The van der Waals surface area contributed by atoms with Crippen LogP contribution in [0.15, 0.2) is 77.6 Å². The molecule has 0 atom stereocenters. The first-order valence-electron chi connectivity index (χ1n) is 8.92. The minimum Gasteiger partial charge on any atom is -0.284 e. The quantitative estimate of drug-likeness (QED) is 0.533. The summed E-state index contributed by atoms with van der Waals surface area (Å²) in [6.07, 6.45) is 7.62. The Bertz CT molecular complexity index is 1030. The van der Waals surface area contributed by atoms with Crippen LogP contribution in [0.3, 0.4) is 0 Å².